The summed E-state index contributed by atoms with van der Waals surface area (Å²) in [5.41, 5.74) is 0. The van der Waals surface area contributed by atoms with Crippen molar-refractivity contribution in [3.05, 3.63) is 0 Å². The molecule has 1 aliphatic rings. The number of rotatable bonds is 2. The van der Waals surface area contributed by atoms with Gasteiger partial charge in [0.15, 0.2) is 0 Å². The van der Waals surface area contributed by atoms with Crippen LogP contribution in [0.2, 0.25) is 0 Å². The molecule has 0 bridgehead atoms. The minimum atomic E-state index is -2.86. The average Bonchev–Trinajstić information content (AvgIpc) is 2.02. The van der Waals surface area contributed by atoms with Gasteiger partial charge in [-0.25, -0.2) is 8.42 Å². The number of nitrogens with zero attached hydrogens (tertiary/aromatic N) is 1. The van der Waals surface area contributed by atoms with Crippen molar-refractivity contribution in [1.82, 2.24) is 4.90 Å². The van der Waals surface area contributed by atoms with E-state index in [1.807, 2.05) is 0 Å². The van der Waals surface area contributed by atoms with Gasteiger partial charge < -0.3 is 4.90 Å². The molecular formula is C9H17NO3S. The maximum absolute atomic E-state index is 11.0. The molecular weight excluding hydrogens is 202 g/mol. The van der Waals surface area contributed by atoms with Crippen molar-refractivity contribution in [2.75, 3.05) is 25.1 Å². The van der Waals surface area contributed by atoms with E-state index >= 15 is 0 Å². The fraction of sp³-hybridized carbons (Fsp3) is 0.889. The number of amides is 1. The van der Waals surface area contributed by atoms with E-state index in [-0.39, 0.29) is 17.6 Å². The maximum Gasteiger partial charge on any atom is 0.219 e. The van der Waals surface area contributed by atoms with E-state index in [1.54, 1.807) is 11.8 Å². The highest BCUT2D eigenvalue weighted by molar-refractivity contribution is 7.90. The SMILES string of the molecule is CC(=O)N1CCC(CS(C)(=O)=O)CC1. The minimum absolute atomic E-state index is 0.0859. The van der Waals surface area contributed by atoms with Crippen molar-refractivity contribution in [1.29, 1.82) is 0 Å². The van der Waals surface area contributed by atoms with Crippen LogP contribution in [0.3, 0.4) is 0 Å². The first-order valence-corrected chi connectivity index (χ1v) is 6.88. The highest BCUT2D eigenvalue weighted by Crippen LogP contribution is 2.18. The van der Waals surface area contributed by atoms with Crippen LogP contribution in [0.1, 0.15) is 19.8 Å². The molecule has 1 rings (SSSR count). The Balaban J connectivity index is 2.40. The third-order valence-electron chi connectivity index (χ3n) is 2.60. The zero-order valence-electron chi connectivity index (χ0n) is 8.69. The number of likely N-dealkylation sites (tertiary alicyclic amines) is 1. The Morgan fingerprint density at radius 1 is 1.36 bits per heavy atom. The highest BCUT2D eigenvalue weighted by Gasteiger charge is 2.23. The largest absolute Gasteiger partial charge is 0.343 e. The lowest BCUT2D eigenvalue weighted by atomic mass is 9.99. The van der Waals surface area contributed by atoms with E-state index < -0.39 is 9.84 Å². The molecule has 0 aliphatic carbocycles. The summed E-state index contributed by atoms with van der Waals surface area (Å²) >= 11 is 0. The highest BCUT2D eigenvalue weighted by atomic mass is 32.2. The molecule has 0 radical (unpaired) electrons. The molecule has 0 aromatic rings. The number of carbonyl (C=O) groups is 1. The van der Waals surface area contributed by atoms with E-state index in [1.165, 1.54) is 6.26 Å². The lowest BCUT2D eigenvalue weighted by molar-refractivity contribution is -0.130. The first-order valence-electron chi connectivity index (χ1n) is 4.82. The van der Waals surface area contributed by atoms with Crippen LogP contribution in [0.15, 0.2) is 0 Å². The van der Waals surface area contributed by atoms with E-state index in [0.717, 1.165) is 12.8 Å². The Morgan fingerprint density at radius 2 is 1.86 bits per heavy atom. The van der Waals surface area contributed by atoms with Crippen molar-refractivity contribution >= 4 is 15.7 Å². The van der Waals surface area contributed by atoms with Gasteiger partial charge >= 0.3 is 0 Å². The first kappa shape index (κ1) is 11.5. The van der Waals surface area contributed by atoms with E-state index in [2.05, 4.69) is 0 Å². The molecule has 14 heavy (non-hydrogen) atoms. The predicted molar refractivity (Wildman–Crippen MR) is 54.7 cm³/mol. The van der Waals surface area contributed by atoms with E-state index in [4.69, 9.17) is 0 Å². The zero-order chi connectivity index (χ0) is 10.8. The molecule has 1 heterocycles. The smallest absolute Gasteiger partial charge is 0.219 e. The van der Waals surface area contributed by atoms with Crippen LogP contribution < -0.4 is 0 Å². The van der Waals surface area contributed by atoms with Crippen LogP contribution in [0.25, 0.3) is 0 Å². The third kappa shape index (κ3) is 3.65. The first-order chi connectivity index (χ1) is 6.38. The molecule has 4 nitrogen and oxygen atoms in total. The van der Waals surface area contributed by atoms with E-state index in [0.29, 0.717) is 13.1 Å². The van der Waals surface area contributed by atoms with Gasteiger partial charge in [0.25, 0.3) is 0 Å². The number of carbonyl (C=O) groups excluding carboxylic acids is 1. The molecule has 0 aromatic heterocycles. The van der Waals surface area contributed by atoms with Gasteiger partial charge in [-0.2, -0.15) is 0 Å². The van der Waals surface area contributed by atoms with Gasteiger partial charge in [-0.05, 0) is 18.8 Å². The predicted octanol–water partition coefficient (Wildman–Crippen LogP) is 0.290. The molecule has 0 N–H and O–H groups in total. The van der Waals surface area contributed by atoms with Crippen molar-refractivity contribution < 1.29 is 13.2 Å². The molecule has 0 aromatic carbocycles. The normalized spacial score (nSPS) is 19.7. The van der Waals surface area contributed by atoms with Gasteiger partial charge in [0.2, 0.25) is 5.91 Å². The second-order valence-corrected chi connectivity index (χ2v) is 6.23. The lowest BCUT2D eigenvalue weighted by Gasteiger charge is -2.30. The summed E-state index contributed by atoms with van der Waals surface area (Å²) in [5, 5.41) is 0. The summed E-state index contributed by atoms with van der Waals surface area (Å²) in [6, 6.07) is 0. The average molecular weight is 219 g/mol. The van der Waals surface area contributed by atoms with Crippen LogP contribution in [0, 0.1) is 5.92 Å². The summed E-state index contributed by atoms with van der Waals surface area (Å²) in [4.78, 5) is 12.8. The van der Waals surface area contributed by atoms with E-state index in [9.17, 15) is 13.2 Å². The zero-order valence-corrected chi connectivity index (χ0v) is 9.51. The van der Waals surface area contributed by atoms with Crippen molar-refractivity contribution in [2.24, 2.45) is 5.92 Å². The van der Waals surface area contributed by atoms with Crippen LogP contribution in [-0.2, 0) is 14.6 Å². The molecule has 0 unspecified atom stereocenters. The summed E-state index contributed by atoms with van der Waals surface area (Å²) in [6.45, 7) is 2.96. The number of piperidine rings is 1. The minimum Gasteiger partial charge on any atom is -0.343 e. The molecule has 1 amide bonds. The Hall–Kier alpha value is -0.580. The number of hydrogen-bond donors (Lipinski definition) is 0. The standard InChI is InChI=1S/C9H17NO3S/c1-8(11)10-5-3-9(4-6-10)7-14(2,12)13/h9H,3-7H2,1-2H3. The van der Waals surface area contributed by atoms with Crippen molar-refractivity contribution in [3.8, 4) is 0 Å². The quantitative estimate of drug-likeness (QED) is 0.670. The van der Waals surface area contributed by atoms with Gasteiger partial charge in [-0.3, -0.25) is 4.79 Å². The van der Waals surface area contributed by atoms with Gasteiger partial charge in [0.1, 0.15) is 9.84 Å². The van der Waals surface area contributed by atoms with Gasteiger partial charge in [0, 0.05) is 26.3 Å². The van der Waals surface area contributed by atoms with Crippen LogP contribution >= 0.6 is 0 Å². The van der Waals surface area contributed by atoms with Crippen LogP contribution in [0.5, 0.6) is 0 Å². The molecule has 0 spiro atoms. The van der Waals surface area contributed by atoms with Crippen LogP contribution in [-0.4, -0.2) is 44.3 Å². The summed E-state index contributed by atoms with van der Waals surface area (Å²) < 4.78 is 22.1. The Labute approximate surface area is 85.2 Å². The molecule has 5 heteroatoms. The second-order valence-electron chi connectivity index (χ2n) is 4.04. The Bertz CT molecular complexity index is 302. The Kier molecular flexibility index (Phi) is 3.53. The topological polar surface area (TPSA) is 54.5 Å². The van der Waals surface area contributed by atoms with Crippen LogP contribution in [0.4, 0.5) is 0 Å². The third-order valence-corrected chi connectivity index (χ3v) is 3.68. The fourth-order valence-corrected chi connectivity index (χ4v) is 3.03. The number of hydrogen-bond acceptors (Lipinski definition) is 3. The van der Waals surface area contributed by atoms with Crippen molar-refractivity contribution in [2.45, 2.75) is 19.8 Å². The summed E-state index contributed by atoms with van der Waals surface area (Å²) in [7, 11) is -2.86. The second kappa shape index (κ2) is 4.29. The molecule has 1 fully saturated rings. The van der Waals surface area contributed by atoms with Gasteiger partial charge in [-0.15, -0.1) is 0 Å². The lowest BCUT2D eigenvalue weighted by Crippen LogP contribution is -2.38. The number of sulfone groups is 1. The Morgan fingerprint density at radius 3 is 2.21 bits per heavy atom. The van der Waals surface area contributed by atoms with Gasteiger partial charge in [0.05, 0.1) is 5.75 Å². The molecule has 1 aliphatic heterocycles. The molecule has 1 saturated heterocycles. The molecule has 82 valence electrons. The maximum atomic E-state index is 11.0. The molecule has 0 atom stereocenters. The summed E-state index contributed by atoms with van der Waals surface area (Å²) in [5.74, 6) is 0.585. The van der Waals surface area contributed by atoms with Crippen molar-refractivity contribution in [3.63, 3.8) is 0 Å². The fourth-order valence-electron chi connectivity index (χ4n) is 1.84. The monoisotopic (exact) mass is 219 g/mol. The molecule has 0 saturated carbocycles. The summed E-state index contributed by atoms with van der Waals surface area (Å²) in [6.07, 6.45) is 2.89. The van der Waals surface area contributed by atoms with Gasteiger partial charge in [-0.1, -0.05) is 0 Å².